The third-order valence-electron chi connectivity index (χ3n) is 3.16. The van der Waals surface area contributed by atoms with E-state index in [-0.39, 0.29) is 30.1 Å². The van der Waals surface area contributed by atoms with Crippen LogP contribution in [0.15, 0.2) is 24.3 Å². The minimum atomic E-state index is -4.67. The van der Waals surface area contributed by atoms with E-state index in [9.17, 15) is 13.2 Å². The molecule has 0 heterocycles. The average molecular weight is 282 g/mol. The highest BCUT2D eigenvalue weighted by Gasteiger charge is 2.34. The summed E-state index contributed by atoms with van der Waals surface area (Å²) >= 11 is 0. The van der Waals surface area contributed by atoms with Crippen LogP contribution in [0, 0.1) is 5.92 Å². The number of rotatable bonds is 3. The van der Waals surface area contributed by atoms with Crippen LogP contribution in [0.2, 0.25) is 0 Å². The van der Waals surface area contributed by atoms with E-state index < -0.39 is 6.36 Å². The van der Waals surface area contributed by atoms with Gasteiger partial charge in [0.25, 0.3) is 0 Å². The minimum Gasteiger partial charge on any atom is -0.405 e. The van der Waals surface area contributed by atoms with Crippen LogP contribution in [0.4, 0.5) is 13.2 Å². The fraction of sp³-hybridized carbons (Fsp3) is 0.500. The zero-order valence-corrected chi connectivity index (χ0v) is 10.4. The summed E-state index contributed by atoms with van der Waals surface area (Å²) in [5.74, 6) is 0.0902. The highest BCUT2D eigenvalue weighted by molar-refractivity contribution is 5.85. The summed E-state index contributed by atoms with van der Waals surface area (Å²) in [6.45, 7) is 0. The van der Waals surface area contributed by atoms with Crippen molar-refractivity contribution in [1.82, 2.24) is 0 Å². The third-order valence-corrected chi connectivity index (χ3v) is 3.16. The number of hydrogen-bond donors (Lipinski definition) is 1. The van der Waals surface area contributed by atoms with Gasteiger partial charge in [0, 0.05) is 11.6 Å². The number of para-hydroxylation sites is 1. The lowest BCUT2D eigenvalue weighted by molar-refractivity contribution is -0.275. The van der Waals surface area contributed by atoms with Gasteiger partial charge in [-0.05, 0) is 24.8 Å². The molecule has 1 aromatic rings. The van der Waals surface area contributed by atoms with Crippen molar-refractivity contribution in [1.29, 1.82) is 0 Å². The van der Waals surface area contributed by atoms with Gasteiger partial charge >= 0.3 is 6.36 Å². The molecular formula is C12H15ClF3NO. The molecule has 0 aromatic heterocycles. The second-order valence-electron chi connectivity index (χ2n) is 4.30. The Morgan fingerprint density at radius 1 is 1.22 bits per heavy atom. The Balaban J connectivity index is 0.00000162. The summed E-state index contributed by atoms with van der Waals surface area (Å²) in [6, 6.07) is 5.72. The van der Waals surface area contributed by atoms with Gasteiger partial charge in [-0.2, -0.15) is 0 Å². The van der Waals surface area contributed by atoms with Crippen LogP contribution < -0.4 is 10.5 Å². The molecule has 1 fully saturated rings. The molecule has 0 unspecified atom stereocenters. The van der Waals surface area contributed by atoms with Crippen molar-refractivity contribution in [2.24, 2.45) is 11.7 Å². The molecule has 18 heavy (non-hydrogen) atoms. The van der Waals surface area contributed by atoms with Gasteiger partial charge < -0.3 is 10.5 Å². The lowest BCUT2D eigenvalue weighted by Gasteiger charge is -2.32. The van der Waals surface area contributed by atoms with Crippen LogP contribution in [-0.4, -0.2) is 6.36 Å². The second kappa shape index (κ2) is 5.80. The van der Waals surface area contributed by atoms with Crippen molar-refractivity contribution < 1.29 is 17.9 Å². The van der Waals surface area contributed by atoms with Gasteiger partial charge in [-0.25, -0.2) is 0 Å². The molecule has 1 atom stereocenters. The van der Waals surface area contributed by atoms with Gasteiger partial charge in [-0.1, -0.05) is 24.6 Å². The van der Waals surface area contributed by atoms with Crippen molar-refractivity contribution in [2.75, 3.05) is 0 Å². The fourth-order valence-corrected chi connectivity index (χ4v) is 2.03. The van der Waals surface area contributed by atoms with Gasteiger partial charge in [-0.3, -0.25) is 0 Å². The maximum atomic E-state index is 12.2. The maximum Gasteiger partial charge on any atom is 0.573 e. The van der Waals surface area contributed by atoms with E-state index in [1.807, 2.05) is 0 Å². The molecule has 0 spiro atoms. The van der Waals surface area contributed by atoms with E-state index in [0.717, 1.165) is 19.3 Å². The highest BCUT2D eigenvalue weighted by atomic mass is 35.5. The number of benzene rings is 1. The standard InChI is InChI=1S/C12H14F3NO.ClH/c13-12(14,15)17-10-7-2-1-6-9(10)11(16)8-4-3-5-8;/h1-2,6-8,11H,3-5,16H2;1H/t11-;/m1./s1. The Kier molecular flexibility index (Phi) is 4.87. The van der Waals surface area contributed by atoms with E-state index >= 15 is 0 Å². The topological polar surface area (TPSA) is 35.2 Å². The van der Waals surface area contributed by atoms with Crippen LogP contribution in [0.5, 0.6) is 5.75 Å². The van der Waals surface area contributed by atoms with Crippen LogP contribution in [0.3, 0.4) is 0 Å². The quantitative estimate of drug-likeness (QED) is 0.914. The Morgan fingerprint density at radius 2 is 1.83 bits per heavy atom. The Labute approximate surface area is 110 Å². The average Bonchev–Trinajstić information content (AvgIpc) is 2.13. The van der Waals surface area contributed by atoms with Crippen molar-refractivity contribution in [3.63, 3.8) is 0 Å². The van der Waals surface area contributed by atoms with Crippen LogP contribution >= 0.6 is 12.4 Å². The normalized spacial score (nSPS) is 17.6. The molecule has 0 saturated heterocycles. The third kappa shape index (κ3) is 3.53. The zero-order valence-electron chi connectivity index (χ0n) is 9.61. The van der Waals surface area contributed by atoms with Crippen molar-refractivity contribution in [3.05, 3.63) is 29.8 Å². The van der Waals surface area contributed by atoms with E-state index in [2.05, 4.69) is 4.74 Å². The molecule has 0 amide bonds. The molecule has 0 bridgehead atoms. The summed E-state index contributed by atoms with van der Waals surface area (Å²) in [5.41, 5.74) is 6.41. The predicted octanol–water partition coefficient (Wildman–Crippen LogP) is 3.81. The highest BCUT2D eigenvalue weighted by Crippen LogP contribution is 2.40. The molecule has 0 radical (unpaired) electrons. The molecule has 0 aliphatic heterocycles. The number of hydrogen-bond acceptors (Lipinski definition) is 2. The first-order valence-corrected chi connectivity index (χ1v) is 5.57. The lowest BCUT2D eigenvalue weighted by atomic mass is 9.77. The van der Waals surface area contributed by atoms with E-state index in [1.54, 1.807) is 12.1 Å². The molecule has 1 aromatic carbocycles. The van der Waals surface area contributed by atoms with E-state index in [1.165, 1.54) is 12.1 Å². The minimum absolute atomic E-state index is 0. The molecule has 102 valence electrons. The molecule has 1 aliphatic carbocycles. The maximum absolute atomic E-state index is 12.2. The van der Waals surface area contributed by atoms with Gasteiger partial charge in [0.15, 0.2) is 0 Å². The van der Waals surface area contributed by atoms with Gasteiger partial charge in [0.1, 0.15) is 5.75 Å². The van der Waals surface area contributed by atoms with Crippen molar-refractivity contribution in [2.45, 2.75) is 31.7 Å². The first kappa shape index (κ1) is 15.1. The summed E-state index contributed by atoms with van der Waals surface area (Å²) < 4.78 is 40.6. The Morgan fingerprint density at radius 3 is 2.33 bits per heavy atom. The predicted molar refractivity (Wildman–Crippen MR) is 64.6 cm³/mol. The molecule has 6 heteroatoms. The zero-order chi connectivity index (χ0) is 12.5. The number of nitrogens with two attached hydrogens (primary N) is 1. The second-order valence-corrected chi connectivity index (χ2v) is 4.30. The summed E-state index contributed by atoms with van der Waals surface area (Å²) in [4.78, 5) is 0. The molecule has 2 nitrogen and oxygen atoms in total. The molecule has 2 rings (SSSR count). The monoisotopic (exact) mass is 281 g/mol. The first-order chi connectivity index (χ1) is 7.97. The summed E-state index contributed by atoms with van der Waals surface area (Å²) in [5, 5.41) is 0. The van der Waals surface area contributed by atoms with Gasteiger partial charge in [-0.15, -0.1) is 25.6 Å². The molecular weight excluding hydrogens is 267 g/mol. The number of halogens is 4. The largest absolute Gasteiger partial charge is 0.573 e. The first-order valence-electron chi connectivity index (χ1n) is 5.57. The molecule has 1 aliphatic rings. The number of alkyl halides is 3. The van der Waals surface area contributed by atoms with E-state index in [0.29, 0.717) is 5.56 Å². The van der Waals surface area contributed by atoms with Crippen LogP contribution in [0.25, 0.3) is 0 Å². The van der Waals surface area contributed by atoms with Crippen molar-refractivity contribution >= 4 is 12.4 Å². The number of ether oxygens (including phenoxy) is 1. The fourth-order valence-electron chi connectivity index (χ4n) is 2.03. The van der Waals surface area contributed by atoms with Crippen LogP contribution in [-0.2, 0) is 0 Å². The molecule has 1 saturated carbocycles. The molecule has 2 N–H and O–H groups in total. The van der Waals surface area contributed by atoms with Crippen molar-refractivity contribution in [3.8, 4) is 5.75 Å². The lowest BCUT2D eigenvalue weighted by Crippen LogP contribution is -2.28. The summed E-state index contributed by atoms with van der Waals surface area (Å²) in [7, 11) is 0. The van der Waals surface area contributed by atoms with Gasteiger partial charge in [0.2, 0.25) is 0 Å². The summed E-state index contributed by atoms with van der Waals surface area (Å²) in [6.07, 6.45) is -1.63. The Hall–Kier alpha value is -0.940. The smallest absolute Gasteiger partial charge is 0.405 e. The van der Waals surface area contributed by atoms with E-state index in [4.69, 9.17) is 5.73 Å². The SMILES string of the molecule is Cl.N[C@@H](c1ccccc1OC(F)(F)F)C1CCC1. The van der Waals surface area contributed by atoms with Crippen LogP contribution in [0.1, 0.15) is 30.9 Å². The van der Waals surface area contributed by atoms with Gasteiger partial charge in [0.05, 0.1) is 0 Å². The Bertz CT molecular complexity index is 393.